The highest BCUT2D eigenvalue weighted by Crippen LogP contribution is 2.23. The fraction of sp³-hybridized carbons (Fsp3) is 0.450. The van der Waals surface area contributed by atoms with Crippen molar-refractivity contribution in [1.82, 2.24) is 19.1 Å². The Labute approximate surface area is 162 Å². The third-order valence-corrected chi connectivity index (χ3v) is 5.65. The van der Waals surface area contributed by atoms with Gasteiger partial charge in [-0.05, 0) is 18.4 Å². The van der Waals surface area contributed by atoms with Crippen LogP contribution in [0.1, 0.15) is 38.2 Å². The first-order valence-corrected chi connectivity index (χ1v) is 10.5. The molecule has 1 N–H and O–H groups in total. The van der Waals surface area contributed by atoms with Crippen LogP contribution in [0.3, 0.4) is 0 Å². The number of rotatable bonds is 9. The van der Waals surface area contributed by atoms with Gasteiger partial charge in [-0.3, -0.25) is 14.3 Å². The Balaban J connectivity index is 1.87. The second-order valence-electron chi connectivity index (χ2n) is 6.68. The number of unbranched alkanes of at least 4 members (excludes halogenated alkanes) is 3. The molecule has 2 aromatic heterocycles. The van der Waals surface area contributed by atoms with Crippen LogP contribution in [0.4, 0.5) is 0 Å². The standard InChI is InChI=1S/C20H26N4O2S/c1-3-4-5-9-13-24-16-17(23(2)19(26)22-18(16)25)21-20(24)27-14-12-15-10-7-6-8-11-15/h6-8,10-11H,3-5,9,12-14H2,1-2H3,(H,22,25,26). The normalized spacial score (nSPS) is 11.3. The maximum atomic E-state index is 12.4. The summed E-state index contributed by atoms with van der Waals surface area (Å²) < 4.78 is 3.40. The first-order chi connectivity index (χ1) is 13.1. The van der Waals surface area contributed by atoms with Crippen LogP contribution in [0.2, 0.25) is 0 Å². The molecule has 0 amide bonds. The molecule has 0 bridgehead atoms. The highest BCUT2D eigenvalue weighted by Gasteiger charge is 2.17. The van der Waals surface area contributed by atoms with E-state index in [0.29, 0.717) is 11.2 Å². The average Bonchev–Trinajstić information content (AvgIpc) is 3.03. The molecule has 1 aromatic carbocycles. The zero-order valence-electron chi connectivity index (χ0n) is 15.9. The van der Waals surface area contributed by atoms with Gasteiger partial charge in [0.25, 0.3) is 5.56 Å². The van der Waals surface area contributed by atoms with Gasteiger partial charge in [-0.15, -0.1) is 0 Å². The van der Waals surface area contributed by atoms with Crippen LogP contribution < -0.4 is 11.2 Å². The number of nitrogens with zero attached hydrogens (tertiary/aromatic N) is 3. The molecular formula is C20H26N4O2S. The Morgan fingerprint density at radius 3 is 2.63 bits per heavy atom. The summed E-state index contributed by atoms with van der Waals surface area (Å²) in [6.07, 6.45) is 5.39. The SMILES string of the molecule is CCCCCCn1c(SCCc2ccccc2)nc2c1c(=O)[nH]c(=O)n2C. The van der Waals surface area contributed by atoms with Crippen molar-refractivity contribution in [2.24, 2.45) is 7.05 Å². The lowest BCUT2D eigenvalue weighted by atomic mass is 10.2. The molecule has 0 radical (unpaired) electrons. The zero-order chi connectivity index (χ0) is 19.2. The Kier molecular flexibility index (Phi) is 6.55. The Morgan fingerprint density at radius 1 is 1.11 bits per heavy atom. The smallest absolute Gasteiger partial charge is 0.313 e. The van der Waals surface area contributed by atoms with Crippen molar-refractivity contribution >= 4 is 22.9 Å². The fourth-order valence-electron chi connectivity index (χ4n) is 3.13. The van der Waals surface area contributed by atoms with Crippen molar-refractivity contribution in [3.8, 4) is 0 Å². The molecule has 0 aliphatic carbocycles. The number of aromatic amines is 1. The van der Waals surface area contributed by atoms with E-state index in [1.165, 1.54) is 23.0 Å². The molecule has 0 atom stereocenters. The number of hydrogen-bond acceptors (Lipinski definition) is 4. The molecule has 0 saturated heterocycles. The van der Waals surface area contributed by atoms with Crippen molar-refractivity contribution in [2.75, 3.05) is 5.75 Å². The molecule has 7 heteroatoms. The molecule has 27 heavy (non-hydrogen) atoms. The van der Waals surface area contributed by atoms with Gasteiger partial charge in [0.05, 0.1) is 0 Å². The molecule has 0 saturated carbocycles. The number of benzene rings is 1. The Hall–Kier alpha value is -2.28. The van der Waals surface area contributed by atoms with Gasteiger partial charge < -0.3 is 4.57 Å². The lowest BCUT2D eigenvalue weighted by Gasteiger charge is -2.08. The summed E-state index contributed by atoms with van der Waals surface area (Å²) in [5.41, 5.74) is 1.45. The van der Waals surface area contributed by atoms with E-state index in [-0.39, 0.29) is 5.56 Å². The zero-order valence-corrected chi connectivity index (χ0v) is 16.7. The lowest BCUT2D eigenvalue weighted by Crippen LogP contribution is -2.29. The number of imidazole rings is 1. The van der Waals surface area contributed by atoms with Crippen LogP contribution in [0, 0.1) is 0 Å². The number of H-pyrrole nitrogens is 1. The van der Waals surface area contributed by atoms with Gasteiger partial charge in [0.2, 0.25) is 0 Å². The summed E-state index contributed by atoms with van der Waals surface area (Å²) >= 11 is 1.64. The lowest BCUT2D eigenvalue weighted by molar-refractivity contribution is 0.562. The summed E-state index contributed by atoms with van der Waals surface area (Å²) in [5.74, 6) is 0.869. The number of aromatic nitrogens is 4. The highest BCUT2D eigenvalue weighted by atomic mass is 32.2. The molecule has 0 aliphatic heterocycles. The van der Waals surface area contributed by atoms with Crippen LogP contribution >= 0.6 is 11.8 Å². The maximum Gasteiger partial charge on any atom is 0.329 e. The Bertz CT molecular complexity index is 1000. The molecule has 0 spiro atoms. The summed E-state index contributed by atoms with van der Waals surface area (Å²) in [7, 11) is 1.65. The minimum atomic E-state index is -0.427. The monoisotopic (exact) mass is 386 g/mol. The molecule has 2 heterocycles. The summed E-state index contributed by atoms with van der Waals surface area (Å²) in [4.78, 5) is 31.4. The first kappa shape index (κ1) is 19.5. The molecular weight excluding hydrogens is 360 g/mol. The number of aryl methyl sites for hydroxylation is 3. The van der Waals surface area contributed by atoms with Crippen molar-refractivity contribution in [3.63, 3.8) is 0 Å². The van der Waals surface area contributed by atoms with E-state index in [0.717, 1.165) is 36.7 Å². The minimum Gasteiger partial charge on any atom is -0.313 e. The van der Waals surface area contributed by atoms with E-state index in [9.17, 15) is 9.59 Å². The second-order valence-corrected chi connectivity index (χ2v) is 7.74. The molecule has 3 aromatic rings. The molecule has 3 rings (SSSR count). The van der Waals surface area contributed by atoms with Crippen LogP contribution in [0.5, 0.6) is 0 Å². The predicted octanol–water partition coefficient (Wildman–Crippen LogP) is 3.34. The fourth-order valence-corrected chi connectivity index (χ4v) is 4.14. The topological polar surface area (TPSA) is 72.7 Å². The molecule has 0 aliphatic rings. The van der Waals surface area contributed by atoms with Gasteiger partial charge in [-0.1, -0.05) is 68.3 Å². The van der Waals surface area contributed by atoms with Crippen LogP contribution in [0.15, 0.2) is 45.1 Å². The number of hydrogen-bond donors (Lipinski definition) is 1. The van der Waals surface area contributed by atoms with E-state index < -0.39 is 5.69 Å². The van der Waals surface area contributed by atoms with Gasteiger partial charge in [0.15, 0.2) is 16.3 Å². The van der Waals surface area contributed by atoms with Crippen LogP contribution in [0.25, 0.3) is 11.2 Å². The van der Waals surface area contributed by atoms with Crippen molar-refractivity contribution in [1.29, 1.82) is 0 Å². The van der Waals surface area contributed by atoms with Gasteiger partial charge >= 0.3 is 5.69 Å². The summed E-state index contributed by atoms with van der Waals surface area (Å²) in [6.45, 7) is 2.92. The third-order valence-electron chi connectivity index (χ3n) is 4.67. The third kappa shape index (κ3) is 4.53. The average molecular weight is 387 g/mol. The van der Waals surface area contributed by atoms with Gasteiger partial charge in [-0.25, -0.2) is 9.78 Å². The van der Waals surface area contributed by atoms with E-state index in [4.69, 9.17) is 0 Å². The molecule has 144 valence electrons. The van der Waals surface area contributed by atoms with E-state index in [2.05, 4.69) is 29.0 Å². The molecule has 0 fully saturated rings. The highest BCUT2D eigenvalue weighted by molar-refractivity contribution is 7.99. The van der Waals surface area contributed by atoms with Gasteiger partial charge in [0.1, 0.15) is 0 Å². The number of fused-ring (bicyclic) bond motifs is 1. The maximum absolute atomic E-state index is 12.4. The number of thioether (sulfide) groups is 1. The molecule has 0 unspecified atom stereocenters. The van der Waals surface area contributed by atoms with Crippen molar-refractivity contribution in [3.05, 3.63) is 56.7 Å². The van der Waals surface area contributed by atoms with E-state index in [1.807, 2.05) is 22.8 Å². The first-order valence-electron chi connectivity index (χ1n) is 9.48. The van der Waals surface area contributed by atoms with E-state index in [1.54, 1.807) is 18.8 Å². The molecule has 6 nitrogen and oxygen atoms in total. The second kappa shape index (κ2) is 9.08. The predicted molar refractivity (Wildman–Crippen MR) is 111 cm³/mol. The minimum absolute atomic E-state index is 0.356. The summed E-state index contributed by atoms with van der Waals surface area (Å²) in [5, 5.41) is 0.809. The van der Waals surface area contributed by atoms with Crippen LogP contribution in [-0.2, 0) is 20.0 Å². The van der Waals surface area contributed by atoms with Gasteiger partial charge in [0, 0.05) is 19.3 Å². The Morgan fingerprint density at radius 2 is 1.89 bits per heavy atom. The van der Waals surface area contributed by atoms with E-state index >= 15 is 0 Å². The largest absolute Gasteiger partial charge is 0.329 e. The number of nitrogens with one attached hydrogen (secondary N) is 1. The van der Waals surface area contributed by atoms with Crippen molar-refractivity contribution < 1.29 is 0 Å². The van der Waals surface area contributed by atoms with Crippen molar-refractivity contribution in [2.45, 2.75) is 50.7 Å². The van der Waals surface area contributed by atoms with Gasteiger partial charge in [-0.2, -0.15) is 0 Å². The summed E-state index contributed by atoms with van der Waals surface area (Å²) in [6, 6.07) is 10.3. The quantitative estimate of drug-likeness (QED) is 0.452. The van der Waals surface area contributed by atoms with Crippen LogP contribution in [-0.4, -0.2) is 24.9 Å².